The zero-order valence-electron chi connectivity index (χ0n) is 14.9. The number of carboxylic acid groups (broad SMARTS) is 1. The van der Waals surface area contributed by atoms with Crippen LogP contribution in [-0.2, 0) is 37.5 Å². The molecule has 2 aliphatic rings. The fourth-order valence-corrected chi connectivity index (χ4v) is 3.93. The number of epoxide rings is 1. The number of aliphatic hydroxyl groups is 1. The molecule has 2 rings (SSSR count). The van der Waals surface area contributed by atoms with E-state index in [2.05, 4.69) is 10.3 Å². The molecule has 0 spiro atoms. The van der Waals surface area contributed by atoms with Gasteiger partial charge in [-0.15, -0.1) is 5.11 Å². The molecule has 2 amide bonds. The average molecular weight is 422 g/mol. The van der Waals surface area contributed by atoms with Gasteiger partial charge in [0.2, 0.25) is 11.8 Å². The van der Waals surface area contributed by atoms with Crippen LogP contribution in [0.2, 0.25) is 0 Å². The first-order chi connectivity index (χ1) is 13.2. The van der Waals surface area contributed by atoms with Crippen LogP contribution in [0.5, 0.6) is 0 Å². The number of ketones is 1. The summed E-state index contributed by atoms with van der Waals surface area (Å²) in [6.45, 7) is 2.14. The molecule has 0 aromatic heterocycles. The molecule has 0 aromatic carbocycles. The van der Waals surface area contributed by atoms with Gasteiger partial charge in [-0.3, -0.25) is 18.9 Å². The number of nitrogens with zero attached hydrogens (tertiary/aromatic N) is 3. The molecule has 1 saturated heterocycles. The van der Waals surface area contributed by atoms with Crippen molar-refractivity contribution in [2.24, 2.45) is 10.3 Å². The van der Waals surface area contributed by atoms with Gasteiger partial charge in [0.15, 0.2) is 6.23 Å². The summed E-state index contributed by atoms with van der Waals surface area (Å²) < 4.78 is 27.3. The van der Waals surface area contributed by atoms with Gasteiger partial charge >= 0.3 is 19.5 Å². The van der Waals surface area contributed by atoms with E-state index in [9.17, 15) is 28.8 Å². The standard InChI is InChI=1S/C13H19N4O10P/c1-3-25-28(24,26-4-2)10(13(22)23)14-9(20)7-8(19)11(21)17(16-15-7)12-6(5-18)27-12/h6-7,10,12,18H,3-5H2,1-2H3,(H,14,20)(H,22,23). The van der Waals surface area contributed by atoms with Crippen molar-refractivity contribution in [1.82, 2.24) is 10.3 Å². The molecule has 4 unspecified atom stereocenters. The lowest BCUT2D eigenvalue weighted by Gasteiger charge is -2.25. The van der Waals surface area contributed by atoms with Crippen molar-refractivity contribution in [2.75, 3.05) is 19.8 Å². The number of hydrogen-bond donors (Lipinski definition) is 3. The van der Waals surface area contributed by atoms with Gasteiger partial charge in [0, 0.05) is 0 Å². The van der Waals surface area contributed by atoms with Gasteiger partial charge in [-0.25, -0.2) is 4.79 Å². The summed E-state index contributed by atoms with van der Waals surface area (Å²) in [5.74, 6) is -7.69. The van der Waals surface area contributed by atoms with Crippen LogP contribution in [0.4, 0.5) is 0 Å². The molecule has 0 bridgehead atoms. The van der Waals surface area contributed by atoms with Gasteiger partial charge < -0.3 is 29.3 Å². The molecule has 2 heterocycles. The molecular weight excluding hydrogens is 403 g/mol. The summed E-state index contributed by atoms with van der Waals surface area (Å²) in [5, 5.41) is 27.5. The number of nitrogens with one attached hydrogen (secondary N) is 1. The zero-order chi connectivity index (χ0) is 21.1. The molecule has 0 aromatic rings. The van der Waals surface area contributed by atoms with Crippen molar-refractivity contribution < 1.29 is 47.7 Å². The molecule has 1 fully saturated rings. The van der Waals surface area contributed by atoms with Crippen molar-refractivity contribution in [3.8, 4) is 0 Å². The topological polar surface area (TPSA) is 197 Å². The third-order valence-electron chi connectivity index (χ3n) is 3.60. The highest BCUT2D eigenvalue weighted by atomic mass is 31.2. The highest BCUT2D eigenvalue weighted by molar-refractivity contribution is 7.55. The highest BCUT2D eigenvalue weighted by Crippen LogP contribution is 2.52. The minimum Gasteiger partial charge on any atom is -0.479 e. The second-order valence-corrected chi connectivity index (χ2v) is 7.61. The average Bonchev–Trinajstić information content (AvgIpc) is 3.41. The number of aliphatic hydroxyl groups excluding tert-OH is 1. The first kappa shape index (κ1) is 22.0. The van der Waals surface area contributed by atoms with E-state index in [1.165, 1.54) is 13.8 Å². The third-order valence-corrected chi connectivity index (χ3v) is 5.82. The first-order valence-corrected chi connectivity index (χ1v) is 9.77. The first-order valence-electron chi connectivity index (χ1n) is 8.16. The summed E-state index contributed by atoms with van der Waals surface area (Å²) in [7, 11) is -4.31. The van der Waals surface area contributed by atoms with E-state index >= 15 is 0 Å². The number of Topliss-reactive ketones (excluding diaryl/α,β-unsaturated/α-hetero) is 1. The summed E-state index contributed by atoms with van der Waals surface area (Å²) in [6.07, 6.45) is -1.70. The molecule has 0 saturated carbocycles. The smallest absolute Gasteiger partial charge is 0.364 e. The van der Waals surface area contributed by atoms with Crippen LogP contribution in [0.15, 0.2) is 10.3 Å². The van der Waals surface area contributed by atoms with E-state index < -0.39 is 61.9 Å². The summed E-state index contributed by atoms with van der Waals surface area (Å²) in [4.78, 5) is 48.0. The van der Waals surface area contributed by atoms with Crippen molar-refractivity contribution in [1.29, 1.82) is 0 Å². The largest absolute Gasteiger partial charge is 0.479 e. The monoisotopic (exact) mass is 422 g/mol. The SMILES string of the molecule is CCOP(=O)(OCC)C(NC(=O)C1N=NN(C2OC2CO)C(=O)C1=O)C(=O)O. The molecule has 28 heavy (non-hydrogen) atoms. The molecule has 15 heteroatoms. The van der Waals surface area contributed by atoms with Crippen molar-refractivity contribution >= 4 is 31.2 Å². The molecular formula is C13H19N4O10P. The Bertz CT molecular complexity index is 733. The fraction of sp³-hybridized carbons (Fsp3) is 0.692. The Morgan fingerprint density at radius 1 is 1.32 bits per heavy atom. The highest BCUT2D eigenvalue weighted by Gasteiger charge is 2.52. The molecule has 2 aliphatic heterocycles. The molecule has 3 N–H and O–H groups in total. The Morgan fingerprint density at radius 3 is 2.39 bits per heavy atom. The number of aliphatic carboxylic acids is 1. The molecule has 156 valence electrons. The summed E-state index contributed by atoms with van der Waals surface area (Å²) >= 11 is 0. The lowest BCUT2D eigenvalue weighted by molar-refractivity contribution is -0.151. The number of ether oxygens (including phenoxy) is 1. The number of carboxylic acids is 1. The number of rotatable bonds is 10. The Kier molecular flexibility index (Phi) is 6.96. The van der Waals surface area contributed by atoms with Gasteiger partial charge in [-0.1, -0.05) is 5.22 Å². The maximum absolute atomic E-state index is 12.6. The van der Waals surface area contributed by atoms with Gasteiger partial charge in [-0.05, 0) is 13.8 Å². The second-order valence-electron chi connectivity index (χ2n) is 5.49. The summed E-state index contributed by atoms with van der Waals surface area (Å²) in [5.41, 5.74) is 0. The van der Waals surface area contributed by atoms with Crippen LogP contribution in [0.1, 0.15) is 13.8 Å². The number of carbonyl (C=O) groups is 4. The second kappa shape index (κ2) is 8.84. The van der Waals surface area contributed by atoms with Crippen LogP contribution >= 0.6 is 7.60 Å². The van der Waals surface area contributed by atoms with Crippen LogP contribution in [0.3, 0.4) is 0 Å². The summed E-state index contributed by atoms with van der Waals surface area (Å²) in [6, 6.07) is -1.98. The van der Waals surface area contributed by atoms with E-state index in [-0.39, 0.29) is 13.2 Å². The quantitative estimate of drug-likeness (QED) is 0.164. The molecule has 0 radical (unpaired) electrons. The lowest BCUT2D eigenvalue weighted by atomic mass is 10.1. The van der Waals surface area contributed by atoms with Crippen molar-refractivity contribution in [2.45, 2.75) is 38.0 Å². The predicted molar refractivity (Wildman–Crippen MR) is 86.7 cm³/mol. The predicted octanol–water partition coefficient (Wildman–Crippen LogP) is -1.36. The van der Waals surface area contributed by atoms with Crippen LogP contribution in [0, 0.1) is 0 Å². The van der Waals surface area contributed by atoms with Gasteiger partial charge in [0.25, 0.3) is 11.7 Å². The fourth-order valence-electron chi connectivity index (χ4n) is 2.29. The van der Waals surface area contributed by atoms with Gasteiger partial charge in [-0.2, -0.15) is 5.01 Å². The number of hydrogen-bond acceptors (Lipinski definition) is 11. The van der Waals surface area contributed by atoms with Crippen molar-refractivity contribution in [3.05, 3.63) is 0 Å². The Balaban J connectivity index is 2.16. The van der Waals surface area contributed by atoms with E-state index in [1.807, 2.05) is 5.32 Å². The van der Waals surface area contributed by atoms with Gasteiger partial charge in [0.05, 0.1) is 19.8 Å². The number of amides is 2. The Morgan fingerprint density at radius 2 is 1.93 bits per heavy atom. The molecule has 0 aliphatic carbocycles. The third kappa shape index (κ3) is 4.42. The van der Waals surface area contributed by atoms with E-state index in [0.29, 0.717) is 5.01 Å². The van der Waals surface area contributed by atoms with Gasteiger partial charge in [0.1, 0.15) is 6.10 Å². The minimum atomic E-state index is -4.31. The zero-order valence-corrected chi connectivity index (χ0v) is 15.8. The minimum absolute atomic E-state index is 0.167. The maximum atomic E-state index is 12.6. The lowest BCUT2D eigenvalue weighted by Crippen LogP contribution is -2.52. The molecule has 4 atom stereocenters. The van der Waals surface area contributed by atoms with Crippen LogP contribution in [0.25, 0.3) is 0 Å². The maximum Gasteiger partial charge on any atom is 0.364 e. The molecule has 14 nitrogen and oxygen atoms in total. The van der Waals surface area contributed by atoms with E-state index in [0.717, 1.165) is 0 Å². The Labute approximate surface area is 158 Å². The van der Waals surface area contributed by atoms with E-state index in [4.69, 9.17) is 18.9 Å². The van der Waals surface area contributed by atoms with Crippen LogP contribution in [-0.4, -0.2) is 82.8 Å². The van der Waals surface area contributed by atoms with Crippen molar-refractivity contribution in [3.63, 3.8) is 0 Å². The van der Waals surface area contributed by atoms with Crippen LogP contribution < -0.4 is 5.32 Å². The number of carbonyl (C=O) groups excluding carboxylic acids is 3. The normalized spacial score (nSPS) is 25.5. The Hall–Kier alpha value is -2.25. The van der Waals surface area contributed by atoms with E-state index in [1.54, 1.807) is 0 Å².